The van der Waals surface area contributed by atoms with Gasteiger partial charge in [0.15, 0.2) is 0 Å². The van der Waals surface area contributed by atoms with Gasteiger partial charge in [0, 0.05) is 12.8 Å². The fourth-order valence-electron chi connectivity index (χ4n) is 0.845. The lowest BCUT2D eigenvalue weighted by molar-refractivity contribution is 0.300. The van der Waals surface area contributed by atoms with Gasteiger partial charge in [0.1, 0.15) is 11.4 Å². The van der Waals surface area contributed by atoms with Crippen molar-refractivity contribution in [2.75, 3.05) is 0 Å². The van der Waals surface area contributed by atoms with E-state index in [0.29, 0.717) is 0 Å². The van der Waals surface area contributed by atoms with E-state index in [2.05, 4.69) is 29.9 Å². The SMILES string of the molecule is c1nonc1CCc1cnon1. The van der Waals surface area contributed by atoms with Crippen LogP contribution in [0, 0.1) is 0 Å². The van der Waals surface area contributed by atoms with E-state index in [1.54, 1.807) is 12.4 Å². The van der Waals surface area contributed by atoms with Crippen LogP contribution in [0.5, 0.6) is 0 Å². The smallest absolute Gasteiger partial charge is 0.105 e. The molecule has 0 amide bonds. The van der Waals surface area contributed by atoms with E-state index in [0.717, 1.165) is 24.2 Å². The normalized spacial score (nSPS) is 10.3. The molecule has 0 radical (unpaired) electrons. The Balaban J connectivity index is 1.91. The van der Waals surface area contributed by atoms with E-state index in [4.69, 9.17) is 0 Å². The molecule has 0 aliphatic carbocycles. The van der Waals surface area contributed by atoms with Crippen molar-refractivity contribution >= 4 is 0 Å². The molecule has 0 atom stereocenters. The Morgan fingerprint density at radius 1 is 0.917 bits per heavy atom. The third-order valence-corrected chi connectivity index (χ3v) is 1.45. The monoisotopic (exact) mass is 166 g/mol. The second-order valence-corrected chi connectivity index (χ2v) is 2.30. The number of rotatable bonds is 3. The van der Waals surface area contributed by atoms with Crippen molar-refractivity contribution in [3.63, 3.8) is 0 Å². The highest BCUT2D eigenvalue weighted by atomic mass is 16.6. The van der Waals surface area contributed by atoms with Crippen molar-refractivity contribution in [2.24, 2.45) is 0 Å². The topological polar surface area (TPSA) is 77.8 Å². The maximum absolute atomic E-state index is 4.42. The molecule has 0 fully saturated rings. The first kappa shape index (κ1) is 6.96. The molecule has 2 rings (SSSR count). The van der Waals surface area contributed by atoms with Gasteiger partial charge in [-0.05, 0) is 0 Å². The maximum Gasteiger partial charge on any atom is 0.105 e. The van der Waals surface area contributed by atoms with E-state index in [1.807, 2.05) is 0 Å². The van der Waals surface area contributed by atoms with E-state index in [1.165, 1.54) is 0 Å². The zero-order valence-electron chi connectivity index (χ0n) is 6.17. The minimum Gasteiger partial charge on any atom is -0.244 e. The van der Waals surface area contributed by atoms with Crippen LogP contribution in [0.1, 0.15) is 11.4 Å². The van der Waals surface area contributed by atoms with E-state index >= 15 is 0 Å². The molecule has 62 valence electrons. The Labute approximate surface area is 67.5 Å². The summed E-state index contributed by atoms with van der Waals surface area (Å²) in [5, 5.41) is 14.3. The molecule has 0 spiro atoms. The summed E-state index contributed by atoms with van der Waals surface area (Å²) in [6, 6.07) is 0. The van der Waals surface area contributed by atoms with Crippen LogP contribution in [0.25, 0.3) is 0 Å². The standard InChI is InChI=1S/C6H6N4O2/c1(5-3-7-11-9-5)2-6-4-8-12-10-6/h3-4H,1-2H2. The molecule has 2 aromatic rings. The van der Waals surface area contributed by atoms with Gasteiger partial charge in [-0.2, -0.15) is 0 Å². The fraction of sp³-hybridized carbons (Fsp3) is 0.333. The molecule has 0 N–H and O–H groups in total. The van der Waals surface area contributed by atoms with Crippen LogP contribution in [-0.4, -0.2) is 20.6 Å². The first-order valence-electron chi connectivity index (χ1n) is 3.48. The second-order valence-electron chi connectivity index (χ2n) is 2.30. The third-order valence-electron chi connectivity index (χ3n) is 1.45. The summed E-state index contributed by atoms with van der Waals surface area (Å²) < 4.78 is 8.85. The van der Waals surface area contributed by atoms with Gasteiger partial charge < -0.3 is 0 Å². The van der Waals surface area contributed by atoms with Gasteiger partial charge in [-0.15, -0.1) is 0 Å². The molecule has 2 heterocycles. The van der Waals surface area contributed by atoms with Crippen LogP contribution in [-0.2, 0) is 12.8 Å². The summed E-state index contributed by atoms with van der Waals surface area (Å²) in [4.78, 5) is 0. The summed E-state index contributed by atoms with van der Waals surface area (Å²) in [5.41, 5.74) is 1.61. The highest BCUT2D eigenvalue weighted by molar-refractivity contribution is 4.97. The van der Waals surface area contributed by atoms with E-state index < -0.39 is 0 Å². The van der Waals surface area contributed by atoms with Gasteiger partial charge in [0.2, 0.25) is 0 Å². The van der Waals surface area contributed by atoms with Crippen molar-refractivity contribution in [2.45, 2.75) is 12.8 Å². The Kier molecular flexibility index (Phi) is 1.81. The van der Waals surface area contributed by atoms with Crippen molar-refractivity contribution in [3.8, 4) is 0 Å². The third kappa shape index (κ3) is 1.47. The average Bonchev–Trinajstić information content (AvgIpc) is 2.74. The summed E-state index contributed by atoms with van der Waals surface area (Å²) in [6.45, 7) is 0. The summed E-state index contributed by atoms with van der Waals surface area (Å²) >= 11 is 0. The predicted molar refractivity (Wildman–Crippen MR) is 36.0 cm³/mol. The highest BCUT2D eigenvalue weighted by Gasteiger charge is 2.01. The van der Waals surface area contributed by atoms with E-state index in [-0.39, 0.29) is 0 Å². The van der Waals surface area contributed by atoms with Gasteiger partial charge in [-0.1, -0.05) is 20.6 Å². The zero-order chi connectivity index (χ0) is 8.23. The molecular weight excluding hydrogens is 160 g/mol. The molecule has 12 heavy (non-hydrogen) atoms. The maximum atomic E-state index is 4.42. The predicted octanol–water partition coefficient (Wildman–Crippen LogP) is 0.238. The molecule has 0 bridgehead atoms. The number of hydrogen-bond acceptors (Lipinski definition) is 6. The Hall–Kier alpha value is -1.72. The summed E-state index contributed by atoms with van der Waals surface area (Å²) in [5.74, 6) is 0. The zero-order valence-corrected chi connectivity index (χ0v) is 6.17. The fourth-order valence-corrected chi connectivity index (χ4v) is 0.845. The molecule has 0 saturated heterocycles. The largest absolute Gasteiger partial charge is 0.244 e. The molecular formula is C6H6N4O2. The minimum atomic E-state index is 0.734. The highest BCUT2D eigenvalue weighted by Crippen LogP contribution is 1.99. The Bertz CT molecular complexity index is 281. The summed E-state index contributed by atoms with van der Waals surface area (Å²) in [7, 11) is 0. The molecule has 0 aromatic carbocycles. The lowest BCUT2D eigenvalue weighted by atomic mass is 10.2. The molecule has 0 saturated carbocycles. The van der Waals surface area contributed by atoms with Crippen LogP contribution in [0.3, 0.4) is 0 Å². The lowest BCUT2D eigenvalue weighted by Crippen LogP contribution is -1.90. The van der Waals surface area contributed by atoms with Gasteiger partial charge in [0.25, 0.3) is 0 Å². The van der Waals surface area contributed by atoms with Crippen LogP contribution in [0.4, 0.5) is 0 Å². The van der Waals surface area contributed by atoms with Crippen LogP contribution in [0.2, 0.25) is 0 Å². The van der Waals surface area contributed by atoms with Crippen molar-refractivity contribution in [1.29, 1.82) is 0 Å². The van der Waals surface area contributed by atoms with E-state index in [9.17, 15) is 0 Å². The number of aryl methyl sites for hydroxylation is 2. The minimum absolute atomic E-state index is 0.734. The molecule has 6 heteroatoms. The van der Waals surface area contributed by atoms with Gasteiger partial charge >= 0.3 is 0 Å². The van der Waals surface area contributed by atoms with Crippen LogP contribution < -0.4 is 0 Å². The number of hydrogen-bond donors (Lipinski definition) is 0. The molecule has 2 aromatic heterocycles. The number of aromatic nitrogens is 4. The quantitative estimate of drug-likeness (QED) is 0.649. The average molecular weight is 166 g/mol. The van der Waals surface area contributed by atoms with Gasteiger partial charge in [-0.3, -0.25) is 0 Å². The van der Waals surface area contributed by atoms with Crippen molar-refractivity contribution < 1.29 is 9.26 Å². The number of nitrogens with zero attached hydrogens (tertiary/aromatic N) is 4. The van der Waals surface area contributed by atoms with Gasteiger partial charge in [-0.25, -0.2) is 9.26 Å². The Morgan fingerprint density at radius 3 is 1.75 bits per heavy atom. The first-order chi connectivity index (χ1) is 5.95. The first-order valence-corrected chi connectivity index (χ1v) is 3.48. The molecule has 0 unspecified atom stereocenters. The van der Waals surface area contributed by atoms with Crippen molar-refractivity contribution in [3.05, 3.63) is 23.8 Å². The molecule has 0 aliphatic heterocycles. The van der Waals surface area contributed by atoms with Crippen LogP contribution in [0.15, 0.2) is 21.7 Å². The van der Waals surface area contributed by atoms with Crippen LogP contribution >= 0.6 is 0 Å². The van der Waals surface area contributed by atoms with Crippen molar-refractivity contribution in [1.82, 2.24) is 20.6 Å². The summed E-state index contributed by atoms with van der Waals surface area (Å²) in [6.07, 6.45) is 4.62. The lowest BCUT2D eigenvalue weighted by Gasteiger charge is -1.87. The molecule has 6 nitrogen and oxygen atoms in total. The van der Waals surface area contributed by atoms with Gasteiger partial charge in [0.05, 0.1) is 12.4 Å². The molecule has 0 aliphatic rings. The Morgan fingerprint density at radius 2 is 1.42 bits per heavy atom. The second kappa shape index (κ2) is 3.12.